The molecule has 0 unspecified atom stereocenters. The second-order valence-corrected chi connectivity index (χ2v) is 9.23. The average Bonchev–Trinajstić information content (AvgIpc) is 3.27. The molecule has 0 saturated carbocycles. The zero-order valence-corrected chi connectivity index (χ0v) is 23.3. The topological polar surface area (TPSA) is 101 Å². The highest BCUT2D eigenvalue weighted by Crippen LogP contribution is 2.46. The molecule has 2 aromatic heterocycles. The Morgan fingerprint density at radius 2 is 1.71 bits per heavy atom. The Hall–Kier alpha value is -3.62. The van der Waals surface area contributed by atoms with Crippen LogP contribution in [0.4, 0.5) is 11.6 Å². The summed E-state index contributed by atoms with van der Waals surface area (Å²) in [6.07, 6.45) is 5.28. The Morgan fingerprint density at radius 1 is 1.11 bits per heavy atom. The highest BCUT2D eigenvalue weighted by molar-refractivity contribution is 6.30. The van der Waals surface area contributed by atoms with Crippen molar-refractivity contribution < 1.29 is 19.7 Å². The number of benzene rings is 2. The molecule has 0 bridgehead atoms. The summed E-state index contributed by atoms with van der Waals surface area (Å²) in [5.74, 6) is 1.37. The van der Waals surface area contributed by atoms with Crippen molar-refractivity contribution >= 4 is 40.6 Å². The molecule has 202 valence electrons. The van der Waals surface area contributed by atoms with Crippen LogP contribution in [0.15, 0.2) is 42.7 Å². The highest BCUT2D eigenvalue weighted by Gasteiger charge is 2.29. The van der Waals surface area contributed by atoms with Crippen molar-refractivity contribution in [3.05, 3.63) is 64.6 Å². The standard InChI is InChI=1S/C25H25ClN4O.C3H8O.CH2O2/c1-5-20-16(3)23-24-21(22(20)17-6-8-18(26)9-7-17)12-15(2)29(24)10-11-30(23)25-27-13-19(31-4)14-28-25;1-2-3-4;2-1-3/h6-9,12-14H,5,10-11H2,1-4H3;4H,2-3H2,1H3;1H,(H,2,3). The quantitative estimate of drug-likeness (QED) is 0.292. The van der Waals surface area contributed by atoms with E-state index in [4.69, 9.17) is 31.3 Å². The normalized spacial score (nSPS) is 11.8. The van der Waals surface area contributed by atoms with E-state index >= 15 is 0 Å². The van der Waals surface area contributed by atoms with E-state index in [2.05, 4.69) is 58.4 Å². The van der Waals surface area contributed by atoms with Crippen LogP contribution in [0.5, 0.6) is 5.75 Å². The first-order chi connectivity index (χ1) is 18.4. The Kier molecular flexibility index (Phi) is 10.1. The summed E-state index contributed by atoms with van der Waals surface area (Å²) in [6.45, 7) is 10.4. The number of aryl methyl sites for hydroxylation is 1. The van der Waals surface area contributed by atoms with Crippen LogP contribution >= 0.6 is 11.6 Å². The molecule has 9 heteroatoms. The zero-order valence-electron chi connectivity index (χ0n) is 22.5. The van der Waals surface area contributed by atoms with Gasteiger partial charge in [-0.15, -0.1) is 0 Å². The van der Waals surface area contributed by atoms with E-state index in [0.29, 0.717) is 18.3 Å². The predicted octanol–water partition coefficient (Wildman–Crippen LogP) is 6.18. The summed E-state index contributed by atoms with van der Waals surface area (Å²) in [7, 11) is 1.63. The molecule has 0 fully saturated rings. The lowest BCUT2D eigenvalue weighted by atomic mass is 9.89. The summed E-state index contributed by atoms with van der Waals surface area (Å²) >= 11 is 6.18. The van der Waals surface area contributed by atoms with E-state index < -0.39 is 0 Å². The Morgan fingerprint density at radius 3 is 2.24 bits per heavy atom. The molecule has 0 spiro atoms. The molecule has 0 aliphatic carbocycles. The summed E-state index contributed by atoms with van der Waals surface area (Å²) in [6, 6.07) is 10.5. The highest BCUT2D eigenvalue weighted by atomic mass is 35.5. The van der Waals surface area contributed by atoms with Gasteiger partial charge in [-0.2, -0.15) is 0 Å². The molecule has 2 aromatic carbocycles. The maximum Gasteiger partial charge on any atom is 0.290 e. The number of ether oxygens (including phenoxy) is 1. The van der Waals surface area contributed by atoms with Crippen molar-refractivity contribution in [2.75, 3.05) is 25.2 Å². The molecule has 1 aliphatic rings. The molecule has 5 rings (SSSR count). The molecule has 3 heterocycles. The van der Waals surface area contributed by atoms with E-state index in [9.17, 15) is 0 Å². The number of aliphatic hydroxyl groups excluding tert-OH is 1. The molecule has 0 amide bonds. The van der Waals surface area contributed by atoms with Crippen LogP contribution in [0.25, 0.3) is 22.0 Å². The third-order valence-electron chi connectivity index (χ3n) is 6.53. The SMILES string of the molecule is CCCO.CCc1c(C)c2c3c(cc(C)n3CCN2c2ncc(OC)cn2)c1-c1ccc(Cl)cc1.O=CO. The Labute approximate surface area is 228 Å². The first-order valence-corrected chi connectivity index (χ1v) is 13.0. The number of hydrogen-bond acceptors (Lipinski definition) is 6. The molecule has 1 aliphatic heterocycles. The fraction of sp³-hybridized carbons (Fsp3) is 0.345. The van der Waals surface area contributed by atoms with Gasteiger partial charge >= 0.3 is 0 Å². The lowest BCUT2D eigenvalue weighted by molar-refractivity contribution is -0.122. The lowest BCUT2D eigenvalue weighted by Gasteiger charge is -2.33. The fourth-order valence-corrected chi connectivity index (χ4v) is 4.99. The van der Waals surface area contributed by atoms with E-state index in [1.807, 2.05) is 19.1 Å². The van der Waals surface area contributed by atoms with Crippen LogP contribution in [0.2, 0.25) is 5.02 Å². The van der Waals surface area contributed by atoms with E-state index in [1.165, 1.54) is 44.5 Å². The van der Waals surface area contributed by atoms with E-state index in [-0.39, 0.29) is 6.47 Å². The van der Waals surface area contributed by atoms with Gasteiger partial charge < -0.3 is 24.4 Å². The van der Waals surface area contributed by atoms with Crippen molar-refractivity contribution in [1.82, 2.24) is 14.5 Å². The summed E-state index contributed by atoms with van der Waals surface area (Å²) in [4.78, 5) is 19.8. The minimum Gasteiger partial charge on any atom is -0.494 e. The van der Waals surface area contributed by atoms with Crippen LogP contribution in [-0.4, -0.2) is 51.5 Å². The first-order valence-electron chi connectivity index (χ1n) is 12.6. The summed E-state index contributed by atoms with van der Waals surface area (Å²) in [5, 5.41) is 16.8. The number of carbonyl (C=O) groups is 1. The molecular weight excluding hydrogens is 504 g/mol. The van der Waals surface area contributed by atoms with Gasteiger partial charge in [0.25, 0.3) is 6.47 Å². The largest absolute Gasteiger partial charge is 0.494 e. The molecular formula is C29H35ClN4O4. The van der Waals surface area contributed by atoms with Crippen LogP contribution in [0.3, 0.4) is 0 Å². The van der Waals surface area contributed by atoms with Crippen LogP contribution in [0, 0.1) is 13.8 Å². The minimum absolute atomic E-state index is 0.250. The molecule has 4 aromatic rings. The molecule has 38 heavy (non-hydrogen) atoms. The van der Waals surface area contributed by atoms with Gasteiger partial charge in [0.2, 0.25) is 5.95 Å². The van der Waals surface area contributed by atoms with E-state index in [1.54, 1.807) is 19.5 Å². The number of anilines is 2. The predicted molar refractivity (Wildman–Crippen MR) is 153 cm³/mol. The van der Waals surface area contributed by atoms with Crippen molar-refractivity contribution in [3.63, 3.8) is 0 Å². The maximum atomic E-state index is 8.36. The van der Waals surface area contributed by atoms with Gasteiger partial charge in [-0.05, 0) is 67.1 Å². The number of methoxy groups -OCH3 is 1. The fourth-order valence-electron chi connectivity index (χ4n) is 4.87. The summed E-state index contributed by atoms with van der Waals surface area (Å²) < 4.78 is 7.68. The van der Waals surface area contributed by atoms with Gasteiger partial charge in [0.15, 0.2) is 5.75 Å². The number of aliphatic hydroxyl groups is 1. The van der Waals surface area contributed by atoms with Gasteiger partial charge in [0.1, 0.15) is 0 Å². The van der Waals surface area contributed by atoms with Crippen molar-refractivity contribution in [2.24, 2.45) is 0 Å². The molecule has 0 radical (unpaired) electrons. The average molecular weight is 539 g/mol. The second-order valence-electron chi connectivity index (χ2n) is 8.79. The second kappa shape index (κ2) is 13.3. The minimum atomic E-state index is -0.250. The third kappa shape index (κ3) is 5.76. The van der Waals surface area contributed by atoms with Gasteiger partial charge in [-0.1, -0.05) is 37.6 Å². The molecule has 8 nitrogen and oxygen atoms in total. The summed E-state index contributed by atoms with van der Waals surface area (Å²) in [5.41, 5.74) is 8.85. The Balaban J connectivity index is 0.000000515. The number of nitrogens with zero attached hydrogens (tertiary/aromatic N) is 4. The van der Waals surface area contributed by atoms with Crippen LogP contribution in [0.1, 0.15) is 37.1 Å². The number of aromatic nitrogens is 3. The van der Waals surface area contributed by atoms with Gasteiger partial charge in [0.05, 0.1) is 30.7 Å². The zero-order chi connectivity index (χ0) is 27.8. The number of halogens is 1. The van der Waals surface area contributed by atoms with Crippen LogP contribution in [-0.2, 0) is 17.8 Å². The number of hydrogen-bond donors (Lipinski definition) is 2. The maximum absolute atomic E-state index is 8.36. The third-order valence-corrected chi connectivity index (χ3v) is 6.78. The smallest absolute Gasteiger partial charge is 0.290 e. The van der Waals surface area contributed by atoms with Crippen molar-refractivity contribution in [1.29, 1.82) is 0 Å². The molecule has 2 N–H and O–H groups in total. The Bertz CT molecular complexity index is 1370. The van der Waals surface area contributed by atoms with Crippen molar-refractivity contribution in [2.45, 2.75) is 47.1 Å². The molecule has 0 saturated heterocycles. The van der Waals surface area contributed by atoms with Crippen molar-refractivity contribution in [3.8, 4) is 16.9 Å². The van der Waals surface area contributed by atoms with Gasteiger partial charge in [0, 0.05) is 35.8 Å². The monoisotopic (exact) mass is 538 g/mol. The number of rotatable bonds is 5. The first kappa shape index (κ1) is 28.9. The number of carboxylic acid groups (broad SMARTS) is 1. The van der Waals surface area contributed by atoms with Gasteiger partial charge in [-0.3, -0.25) is 4.79 Å². The van der Waals surface area contributed by atoms with E-state index in [0.717, 1.165) is 31.0 Å². The lowest BCUT2D eigenvalue weighted by Crippen LogP contribution is -2.30. The van der Waals surface area contributed by atoms with Gasteiger partial charge in [-0.25, -0.2) is 9.97 Å². The van der Waals surface area contributed by atoms with Crippen LogP contribution < -0.4 is 9.64 Å². The molecule has 0 atom stereocenters.